The van der Waals surface area contributed by atoms with Crippen molar-refractivity contribution in [1.82, 2.24) is 0 Å². The maximum absolute atomic E-state index is 12.3. The quantitative estimate of drug-likeness (QED) is 0.588. The van der Waals surface area contributed by atoms with Crippen LogP contribution >= 0.6 is 0 Å². The van der Waals surface area contributed by atoms with Crippen LogP contribution in [0, 0.1) is 10.1 Å². The first-order valence-corrected chi connectivity index (χ1v) is 6.56. The van der Waals surface area contributed by atoms with Gasteiger partial charge in [0, 0.05) is 24.5 Å². The monoisotopic (exact) mass is 265 g/mol. The Morgan fingerprint density at radius 3 is 2.45 bits per heavy atom. The van der Waals surface area contributed by atoms with Crippen LogP contribution in [-0.2, 0) is 4.79 Å². The van der Waals surface area contributed by atoms with E-state index in [9.17, 15) is 14.9 Å². The average Bonchev–Trinajstić information content (AvgIpc) is 2.46. The third-order valence-corrected chi connectivity index (χ3v) is 4.38. The topological polar surface area (TPSA) is 60.2 Å². The summed E-state index contributed by atoms with van der Waals surface area (Å²) in [5, 5.41) is 10.9. The highest BCUT2D eigenvalue weighted by Crippen LogP contribution is 2.51. The maximum Gasteiger partial charge on any atom is 0.269 e. The van der Waals surface area contributed by atoms with Crippen molar-refractivity contribution in [3.8, 4) is 0 Å². The van der Waals surface area contributed by atoms with Gasteiger partial charge < -0.3 is 0 Å². The summed E-state index contributed by atoms with van der Waals surface area (Å²) in [5.74, 6) is -0.104. The van der Waals surface area contributed by atoms with E-state index >= 15 is 0 Å². The van der Waals surface area contributed by atoms with Gasteiger partial charge in [0.15, 0.2) is 0 Å². The molecule has 3 aliphatic carbocycles. The molecule has 0 fully saturated rings. The van der Waals surface area contributed by atoms with Crippen molar-refractivity contribution < 1.29 is 9.72 Å². The molecule has 0 amide bonds. The van der Waals surface area contributed by atoms with Gasteiger partial charge in [0.1, 0.15) is 5.78 Å². The number of hydrogen-bond acceptors (Lipinski definition) is 3. The molecule has 0 heterocycles. The number of benzene rings is 2. The molecule has 0 spiro atoms. The second-order valence-electron chi connectivity index (χ2n) is 5.36. The molecule has 0 saturated carbocycles. The summed E-state index contributed by atoms with van der Waals surface area (Å²) in [4.78, 5) is 22.8. The summed E-state index contributed by atoms with van der Waals surface area (Å²) in [6.07, 6.45) is 0.506. The first-order valence-electron chi connectivity index (χ1n) is 6.56. The lowest BCUT2D eigenvalue weighted by atomic mass is 9.63. The summed E-state index contributed by atoms with van der Waals surface area (Å²) < 4.78 is 0. The number of carbonyl (C=O) groups excluding carboxylic acids is 1. The number of carbonyl (C=O) groups is 1. The molecule has 2 bridgehead atoms. The van der Waals surface area contributed by atoms with E-state index < -0.39 is 4.92 Å². The standard InChI is InChI=1S/C16H11NO3/c18-15-8-13-10-3-1-2-4-12(10)16(15)14-7-9(17(19)20)5-6-11(13)14/h1-7,13,16H,8H2/t13-,16+/m0/s1. The van der Waals surface area contributed by atoms with Gasteiger partial charge in [0.05, 0.1) is 10.8 Å². The first kappa shape index (κ1) is 11.3. The molecule has 98 valence electrons. The van der Waals surface area contributed by atoms with E-state index in [1.807, 2.05) is 24.3 Å². The van der Waals surface area contributed by atoms with Crippen molar-refractivity contribution in [2.75, 3.05) is 0 Å². The van der Waals surface area contributed by atoms with Crippen molar-refractivity contribution in [1.29, 1.82) is 0 Å². The number of non-ortho nitro benzene ring substituents is 1. The zero-order chi connectivity index (χ0) is 13.9. The van der Waals surface area contributed by atoms with Gasteiger partial charge in [0.2, 0.25) is 0 Å². The Hall–Kier alpha value is -2.49. The minimum Gasteiger partial charge on any atom is -0.299 e. The predicted molar refractivity (Wildman–Crippen MR) is 72.8 cm³/mol. The molecule has 2 aromatic rings. The number of rotatable bonds is 1. The molecule has 2 atom stereocenters. The van der Waals surface area contributed by atoms with Crippen LogP contribution in [0.1, 0.15) is 40.5 Å². The van der Waals surface area contributed by atoms with Crippen LogP contribution in [0.4, 0.5) is 5.69 Å². The van der Waals surface area contributed by atoms with Crippen LogP contribution in [0.15, 0.2) is 42.5 Å². The Morgan fingerprint density at radius 1 is 1.00 bits per heavy atom. The van der Waals surface area contributed by atoms with Gasteiger partial charge in [-0.1, -0.05) is 30.3 Å². The summed E-state index contributed by atoms with van der Waals surface area (Å²) in [6, 6.07) is 12.8. The van der Waals surface area contributed by atoms with Gasteiger partial charge in [0.25, 0.3) is 5.69 Å². The van der Waals surface area contributed by atoms with Crippen molar-refractivity contribution in [2.45, 2.75) is 18.3 Å². The van der Waals surface area contributed by atoms with Crippen LogP contribution in [0.25, 0.3) is 0 Å². The normalized spacial score (nSPS) is 22.3. The summed E-state index contributed by atoms with van der Waals surface area (Å²) in [6.45, 7) is 0. The molecular weight excluding hydrogens is 254 g/mol. The molecule has 3 aliphatic rings. The lowest BCUT2D eigenvalue weighted by Gasteiger charge is -2.38. The Kier molecular flexibility index (Phi) is 2.13. The third kappa shape index (κ3) is 1.33. The largest absolute Gasteiger partial charge is 0.299 e. The number of ketones is 1. The lowest BCUT2D eigenvalue weighted by molar-refractivity contribution is -0.384. The molecule has 0 aromatic heterocycles. The summed E-state index contributed by atoms with van der Waals surface area (Å²) >= 11 is 0. The van der Waals surface area contributed by atoms with E-state index in [1.165, 1.54) is 11.6 Å². The van der Waals surface area contributed by atoms with Crippen LogP contribution in [0.2, 0.25) is 0 Å². The smallest absolute Gasteiger partial charge is 0.269 e. The molecule has 4 heteroatoms. The fraction of sp³-hybridized carbons (Fsp3) is 0.188. The highest BCUT2D eigenvalue weighted by molar-refractivity contribution is 5.95. The number of fused-ring (bicyclic) bond motifs is 1. The molecule has 4 nitrogen and oxygen atoms in total. The fourth-order valence-electron chi connectivity index (χ4n) is 3.56. The highest BCUT2D eigenvalue weighted by atomic mass is 16.6. The van der Waals surface area contributed by atoms with Crippen LogP contribution in [0.3, 0.4) is 0 Å². The van der Waals surface area contributed by atoms with Gasteiger partial charge in [-0.15, -0.1) is 0 Å². The van der Waals surface area contributed by atoms with Crippen molar-refractivity contribution >= 4 is 11.5 Å². The van der Waals surface area contributed by atoms with E-state index in [0.717, 1.165) is 16.7 Å². The average molecular weight is 265 g/mol. The lowest BCUT2D eigenvalue weighted by Crippen LogP contribution is -2.32. The number of nitro groups is 1. The molecular formula is C16H11NO3. The summed E-state index contributed by atoms with van der Waals surface area (Å²) in [7, 11) is 0. The maximum atomic E-state index is 12.3. The van der Waals surface area contributed by atoms with Crippen molar-refractivity contribution in [3.63, 3.8) is 0 Å². The van der Waals surface area contributed by atoms with Crippen LogP contribution in [0.5, 0.6) is 0 Å². The molecule has 0 unspecified atom stereocenters. The third-order valence-electron chi connectivity index (χ3n) is 4.38. The Balaban J connectivity index is 1.99. The number of hydrogen-bond donors (Lipinski definition) is 0. The number of Topliss-reactive ketones (excluding diaryl/α,β-unsaturated/α-hetero) is 1. The molecule has 0 saturated heterocycles. The highest BCUT2D eigenvalue weighted by Gasteiger charge is 2.42. The Morgan fingerprint density at radius 2 is 1.70 bits per heavy atom. The van der Waals surface area contributed by atoms with E-state index in [2.05, 4.69) is 6.07 Å². The second-order valence-corrected chi connectivity index (χ2v) is 5.36. The molecule has 0 radical (unpaired) electrons. The van der Waals surface area contributed by atoms with Gasteiger partial charge >= 0.3 is 0 Å². The molecule has 0 N–H and O–H groups in total. The van der Waals surface area contributed by atoms with Gasteiger partial charge in [-0.05, 0) is 22.3 Å². The van der Waals surface area contributed by atoms with Gasteiger partial charge in [-0.3, -0.25) is 14.9 Å². The van der Waals surface area contributed by atoms with Gasteiger partial charge in [-0.25, -0.2) is 0 Å². The predicted octanol–water partition coefficient (Wildman–Crippen LogP) is 3.14. The Labute approximate surface area is 115 Å². The minimum absolute atomic E-state index is 0.0551. The molecule has 20 heavy (non-hydrogen) atoms. The molecule has 0 aliphatic heterocycles. The van der Waals surface area contributed by atoms with Gasteiger partial charge in [-0.2, -0.15) is 0 Å². The number of nitrogens with zero attached hydrogens (tertiary/aromatic N) is 1. The number of nitro benzene ring substituents is 1. The van der Waals surface area contributed by atoms with E-state index in [1.54, 1.807) is 6.07 Å². The van der Waals surface area contributed by atoms with E-state index in [-0.39, 0.29) is 23.3 Å². The minimum atomic E-state index is -0.404. The van der Waals surface area contributed by atoms with E-state index in [4.69, 9.17) is 0 Å². The van der Waals surface area contributed by atoms with Crippen LogP contribution in [-0.4, -0.2) is 10.7 Å². The second kappa shape index (κ2) is 3.76. The Bertz CT molecular complexity index is 766. The summed E-state index contributed by atoms with van der Waals surface area (Å²) in [5.41, 5.74) is 4.15. The SMILES string of the molecule is O=C1C[C@H]2c3ccccc3[C@@H]1c1cc([N+](=O)[O-])ccc12. The zero-order valence-electron chi connectivity index (χ0n) is 10.6. The van der Waals surface area contributed by atoms with Crippen molar-refractivity contribution in [2.24, 2.45) is 0 Å². The fourth-order valence-corrected chi connectivity index (χ4v) is 3.56. The first-order chi connectivity index (χ1) is 9.66. The van der Waals surface area contributed by atoms with Crippen molar-refractivity contribution in [3.05, 3.63) is 74.8 Å². The molecule has 5 rings (SSSR count). The van der Waals surface area contributed by atoms with E-state index in [0.29, 0.717) is 6.42 Å². The molecule has 2 aromatic carbocycles. The van der Waals surface area contributed by atoms with Crippen LogP contribution < -0.4 is 0 Å². The zero-order valence-corrected chi connectivity index (χ0v) is 10.6.